The Hall–Kier alpha value is -1.10. The maximum Gasteiger partial charge on any atom is 0.187 e. The quantitative estimate of drug-likeness (QED) is 0.0818. The van der Waals surface area contributed by atoms with Crippen LogP contribution in [0, 0.1) is 45.3 Å². The Morgan fingerprint density at radius 3 is 2.03 bits per heavy atom. The van der Waals surface area contributed by atoms with Gasteiger partial charge in [-0.1, -0.05) is 53.2 Å². The molecular weight excluding hydrogens is 985 g/mol. The highest BCUT2D eigenvalue weighted by Gasteiger charge is 2.71. The standard InChI is InChI=1S/C54H92O21/c1-25(28-13-14-52(6)39-11-10-29-30(54(39,8)40(62)19-53(28,52)7)17-35(46(66)50(29,2)3)70-26-15-31(58)36(20-55)68-23-26)9-12-41(51(4,5)67)74-49-45(75-48-44(65)43(64)42(63)38(22-57)73-48)33(60)16-27(71-49)24-69-47-34(61)18-32(59)37(21-56)72-47/h10,25-28,30-49,55-67H,9,11-24H2,1-8H3/t25-,26-,27+,28?,30?,31+,32+,33+,34-,35?,36-,37-,38+,39?,40-,41-,42+,43-,44+,45-,46+,47+,48?,49+,52+,53-,54+/m1/s1. The normalized spacial score (nSPS) is 50.0. The molecule has 8 rings (SSSR count). The predicted octanol–water partition coefficient (Wildman–Crippen LogP) is -0.492. The van der Waals surface area contributed by atoms with Crippen molar-refractivity contribution < 1.29 is 104 Å². The van der Waals surface area contributed by atoms with Crippen LogP contribution in [0.3, 0.4) is 0 Å². The molecule has 4 heterocycles. The summed E-state index contributed by atoms with van der Waals surface area (Å²) < 4.78 is 48.7. The minimum absolute atomic E-state index is 0.0694. The highest BCUT2D eigenvalue weighted by molar-refractivity contribution is 5.32. The summed E-state index contributed by atoms with van der Waals surface area (Å²) in [6.07, 6.45) is -16.2. The van der Waals surface area contributed by atoms with Gasteiger partial charge in [0.15, 0.2) is 18.9 Å². The third-order valence-electron chi connectivity index (χ3n) is 20.4. The lowest BCUT2D eigenvalue weighted by Crippen LogP contribution is -2.66. The molecule has 21 nitrogen and oxygen atoms in total. The predicted molar refractivity (Wildman–Crippen MR) is 264 cm³/mol. The molecule has 0 aromatic carbocycles. The highest BCUT2D eigenvalue weighted by Crippen LogP contribution is 2.75. The zero-order chi connectivity index (χ0) is 54.9. The molecule has 4 saturated heterocycles. The number of aliphatic hydroxyl groups is 13. The molecule has 0 spiro atoms. The average Bonchev–Trinajstić information content (AvgIpc) is 3.65. The Morgan fingerprint density at radius 1 is 0.707 bits per heavy atom. The van der Waals surface area contributed by atoms with Crippen LogP contribution in [0.1, 0.15) is 120 Å². The molecule has 0 radical (unpaired) electrons. The number of fused-ring (bicyclic) bond motifs is 5. The van der Waals surface area contributed by atoms with Gasteiger partial charge in [0.05, 0.1) is 93.6 Å². The lowest BCUT2D eigenvalue weighted by molar-refractivity contribution is -0.367. The maximum atomic E-state index is 12.8. The molecular formula is C54H92O21. The van der Waals surface area contributed by atoms with Crippen LogP contribution in [-0.2, 0) is 37.9 Å². The summed E-state index contributed by atoms with van der Waals surface area (Å²) in [5, 5.41) is 141. The maximum absolute atomic E-state index is 12.8. The molecule has 13 N–H and O–H groups in total. The number of allylic oxidation sites excluding steroid dienone is 1. The van der Waals surface area contributed by atoms with Crippen LogP contribution in [0.5, 0.6) is 0 Å². The Labute approximate surface area is 441 Å². The first-order valence-electron chi connectivity index (χ1n) is 27.7. The molecule has 8 aliphatic rings. The van der Waals surface area contributed by atoms with E-state index in [1.807, 2.05) is 13.8 Å². The van der Waals surface area contributed by atoms with E-state index in [1.165, 1.54) is 0 Å². The summed E-state index contributed by atoms with van der Waals surface area (Å²) in [4.78, 5) is 0. The second-order valence-corrected chi connectivity index (χ2v) is 25.6. The lowest BCUT2D eigenvalue weighted by Gasteiger charge is -2.68. The van der Waals surface area contributed by atoms with E-state index in [0.717, 1.165) is 24.8 Å². The van der Waals surface area contributed by atoms with E-state index in [-0.39, 0.29) is 73.6 Å². The van der Waals surface area contributed by atoms with Crippen LogP contribution in [0.2, 0.25) is 0 Å². The van der Waals surface area contributed by atoms with E-state index in [4.69, 9.17) is 37.9 Å². The minimum atomic E-state index is -1.81. The van der Waals surface area contributed by atoms with Gasteiger partial charge in [-0.15, -0.1) is 0 Å². The summed E-state index contributed by atoms with van der Waals surface area (Å²) in [5.41, 5.74) is -2.05. The molecule has 0 aromatic heterocycles. The van der Waals surface area contributed by atoms with Crippen LogP contribution in [-0.4, -0.2) is 228 Å². The lowest BCUT2D eigenvalue weighted by atomic mass is 9.38. The summed E-state index contributed by atoms with van der Waals surface area (Å²) in [6, 6.07) is 0. The van der Waals surface area contributed by atoms with Crippen molar-refractivity contribution >= 4 is 0 Å². The van der Waals surface area contributed by atoms with Crippen molar-refractivity contribution in [3.63, 3.8) is 0 Å². The molecule has 3 saturated carbocycles. The van der Waals surface area contributed by atoms with E-state index in [0.29, 0.717) is 25.7 Å². The first-order chi connectivity index (χ1) is 35.1. The molecule has 0 aromatic rings. The van der Waals surface area contributed by atoms with Crippen molar-refractivity contribution in [3.8, 4) is 0 Å². The van der Waals surface area contributed by atoms with Gasteiger partial charge in [0, 0.05) is 30.1 Å². The smallest absolute Gasteiger partial charge is 0.187 e. The molecule has 75 heavy (non-hydrogen) atoms. The molecule has 4 aliphatic carbocycles. The largest absolute Gasteiger partial charge is 0.394 e. The van der Waals surface area contributed by atoms with E-state index >= 15 is 0 Å². The third-order valence-corrected chi connectivity index (χ3v) is 20.4. The second kappa shape index (κ2) is 23.0. The van der Waals surface area contributed by atoms with Crippen LogP contribution in [0.15, 0.2) is 11.6 Å². The number of aliphatic hydroxyl groups excluding tert-OH is 12. The van der Waals surface area contributed by atoms with Gasteiger partial charge in [-0.25, -0.2) is 0 Å². The van der Waals surface area contributed by atoms with Gasteiger partial charge in [-0.2, -0.15) is 0 Å². The summed E-state index contributed by atoms with van der Waals surface area (Å²) in [7, 11) is 0. The SMILES string of the molecule is C[C@H](CC[C@@H](O[C@@H]1O[C@H](CO[C@H]2O[C@H](CO)[C@@H](O)C[C@H]2O)C[C@H](O)[C@H]1OC1O[C@@H](CO)[C@H](O)[C@@H](O)[C@@H]1O)C(C)(C)O)C1CC[C@@]2(C)C3CC=C4C(CC(O[C@H]5CO[C@H](CO)[C@@H](O)C5)[C@H](O)C4(C)C)[C@]3(C)[C@H](O)C[C@]12C. The van der Waals surface area contributed by atoms with Crippen LogP contribution in [0.25, 0.3) is 0 Å². The Morgan fingerprint density at radius 2 is 1.37 bits per heavy atom. The number of hydrogen-bond donors (Lipinski definition) is 13. The summed E-state index contributed by atoms with van der Waals surface area (Å²) in [6.45, 7) is 14.8. The number of hydrogen-bond acceptors (Lipinski definition) is 21. The number of ether oxygens (including phenoxy) is 8. The third kappa shape index (κ3) is 11.2. The van der Waals surface area contributed by atoms with Gasteiger partial charge < -0.3 is 104 Å². The van der Waals surface area contributed by atoms with Crippen molar-refractivity contribution in [2.45, 2.75) is 248 Å². The first-order valence-corrected chi connectivity index (χ1v) is 27.7. The topological polar surface area (TPSA) is 337 Å². The van der Waals surface area contributed by atoms with Gasteiger partial charge in [0.1, 0.15) is 48.8 Å². The van der Waals surface area contributed by atoms with Crippen molar-refractivity contribution in [1.82, 2.24) is 0 Å². The van der Waals surface area contributed by atoms with Crippen molar-refractivity contribution in [2.75, 3.05) is 33.0 Å². The van der Waals surface area contributed by atoms with Gasteiger partial charge in [0.2, 0.25) is 0 Å². The molecule has 7 fully saturated rings. The fourth-order valence-electron chi connectivity index (χ4n) is 15.5. The molecule has 21 heteroatoms. The summed E-state index contributed by atoms with van der Waals surface area (Å²) >= 11 is 0. The Balaban J connectivity index is 0.983. The molecule has 0 bridgehead atoms. The van der Waals surface area contributed by atoms with Gasteiger partial charge in [-0.05, 0) is 93.3 Å². The monoisotopic (exact) mass is 1080 g/mol. The molecule has 27 atom stereocenters. The Kier molecular flexibility index (Phi) is 18.4. The molecule has 434 valence electrons. The zero-order valence-corrected chi connectivity index (χ0v) is 45.1. The van der Waals surface area contributed by atoms with Crippen molar-refractivity contribution in [2.24, 2.45) is 45.3 Å². The highest BCUT2D eigenvalue weighted by atomic mass is 16.8. The first kappa shape index (κ1) is 60.0. The van der Waals surface area contributed by atoms with Crippen LogP contribution < -0.4 is 0 Å². The molecule has 5 unspecified atom stereocenters. The van der Waals surface area contributed by atoms with Crippen molar-refractivity contribution in [1.29, 1.82) is 0 Å². The number of rotatable bonds is 17. The van der Waals surface area contributed by atoms with E-state index in [2.05, 4.69) is 33.8 Å². The van der Waals surface area contributed by atoms with Gasteiger partial charge in [0.25, 0.3) is 0 Å². The van der Waals surface area contributed by atoms with Crippen LogP contribution in [0.4, 0.5) is 0 Å². The van der Waals surface area contributed by atoms with Crippen molar-refractivity contribution in [3.05, 3.63) is 11.6 Å². The van der Waals surface area contributed by atoms with Crippen LogP contribution >= 0.6 is 0 Å². The van der Waals surface area contributed by atoms with Gasteiger partial charge >= 0.3 is 0 Å². The zero-order valence-electron chi connectivity index (χ0n) is 45.1. The second-order valence-electron chi connectivity index (χ2n) is 25.6. The fraction of sp³-hybridized carbons (Fsp3) is 0.963. The Bertz CT molecular complexity index is 1920. The molecule has 0 amide bonds. The van der Waals surface area contributed by atoms with E-state index in [1.54, 1.807) is 13.8 Å². The van der Waals surface area contributed by atoms with Gasteiger partial charge in [-0.3, -0.25) is 0 Å². The fourth-order valence-corrected chi connectivity index (χ4v) is 15.5. The van der Waals surface area contributed by atoms with E-state index < -0.39 is 152 Å². The summed E-state index contributed by atoms with van der Waals surface area (Å²) in [5.74, 6) is 0.241. The van der Waals surface area contributed by atoms with E-state index in [9.17, 15) is 66.4 Å². The minimum Gasteiger partial charge on any atom is -0.394 e. The molecule has 4 aliphatic heterocycles. The average molecular weight is 1080 g/mol.